The molecule has 0 saturated carbocycles. The van der Waals surface area contributed by atoms with Crippen LogP contribution in [0.15, 0.2) is 0 Å². The van der Waals surface area contributed by atoms with E-state index in [-0.39, 0.29) is 0 Å². The van der Waals surface area contributed by atoms with Crippen LogP contribution in [0.4, 0.5) is 0 Å². The number of rotatable bonds is 4. The lowest BCUT2D eigenvalue weighted by Gasteiger charge is -2.27. The van der Waals surface area contributed by atoms with Gasteiger partial charge in [0, 0.05) is 12.1 Å². The van der Waals surface area contributed by atoms with Gasteiger partial charge in [-0.1, -0.05) is 6.42 Å². The van der Waals surface area contributed by atoms with E-state index in [9.17, 15) is 0 Å². The molecule has 0 bridgehead atoms. The molecule has 78 valence electrons. The van der Waals surface area contributed by atoms with E-state index < -0.39 is 0 Å². The monoisotopic (exact) mass is 184 g/mol. The van der Waals surface area contributed by atoms with E-state index in [1.54, 1.807) is 0 Å². The molecule has 1 unspecified atom stereocenters. The molecular weight excluding hydrogens is 160 g/mol. The molecule has 0 aromatic heterocycles. The van der Waals surface area contributed by atoms with Gasteiger partial charge in [0.15, 0.2) is 0 Å². The second kappa shape index (κ2) is 5.61. The second-order valence-corrected chi connectivity index (χ2v) is 4.51. The average molecular weight is 184 g/mol. The molecule has 0 radical (unpaired) electrons. The molecule has 1 fully saturated rings. The Morgan fingerprint density at radius 1 is 1.38 bits per heavy atom. The Kier molecular flexibility index (Phi) is 4.74. The quantitative estimate of drug-likeness (QED) is 0.717. The van der Waals surface area contributed by atoms with Crippen molar-refractivity contribution in [2.45, 2.75) is 51.6 Å². The Labute approximate surface area is 82.7 Å². The largest absolute Gasteiger partial charge is 0.314 e. The van der Waals surface area contributed by atoms with Crippen molar-refractivity contribution in [3.63, 3.8) is 0 Å². The van der Waals surface area contributed by atoms with Gasteiger partial charge >= 0.3 is 0 Å². The van der Waals surface area contributed by atoms with E-state index >= 15 is 0 Å². The average Bonchev–Trinajstić information content (AvgIpc) is 2.15. The summed E-state index contributed by atoms with van der Waals surface area (Å²) in [5, 5.41) is 3.59. The Morgan fingerprint density at radius 3 is 2.69 bits per heavy atom. The van der Waals surface area contributed by atoms with Crippen molar-refractivity contribution in [2.24, 2.45) is 0 Å². The third-order valence-corrected chi connectivity index (χ3v) is 3.12. The van der Waals surface area contributed by atoms with Crippen molar-refractivity contribution in [2.75, 3.05) is 20.1 Å². The van der Waals surface area contributed by atoms with Gasteiger partial charge in [0.25, 0.3) is 0 Å². The van der Waals surface area contributed by atoms with Gasteiger partial charge < -0.3 is 10.2 Å². The molecular formula is C11H24N2. The van der Waals surface area contributed by atoms with E-state index in [1.165, 1.54) is 38.8 Å². The van der Waals surface area contributed by atoms with Crippen LogP contribution >= 0.6 is 0 Å². The Balaban J connectivity index is 2.10. The van der Waals surface area contributed by atoms with Gasteiger partial charge in [-0.05, 0) is 53.2 Å². The Morgan fingerprint density at radius 2 is 2.15 bits per heavy atom. The third kappa shape index (κ3) is 4.10. The minimum absolute atomic E-state index is 0.684. The lowest BCUT2D eigenvalue weighted by atomic mass is 10.0. The van der Waals surface area contributed by atoms with Gasteiger partial charge in [0.2, 0.25) is 0 Å². The molecule has 1 heterocycles. The van der Waals surface area contributed by atoms with Crippen LogP contribution < -0.4 is 5.32 Å². The maximum atomic E-state index is 3.59. The number of hydrogen-bond donors (Lipinski definition) is 1. The van der Waals surface area contributed by atoms with E-state index in [0.717, 1.165) is 6.04 Å². The summed E-state index contributed by atoms with van der Waals surface area (Å²) < 4.78 is 0. The first-order chi connectivity index (χ1) is 6.20. The summed E-state index contributed by atoms with van der Waals surface area (Å²) >= 11 is 0. The maximum Gasteiger partial charge on any atom is 0.00792 e. The van der Waals surface area contributed by atoms with Crippen LogP contribution in [0, 0.1) is 0 Å². The number of nitrogens with zero attached hydrogens (tertiary/aromatic N) is 1. The van der Waals surface area contributed by atoms with Gasteiger partial charge in [-0.25, -0.2) is 0 Å². The van der Waals surface area contributed by atoms with Crippen molar-refractivity contribution < 1.29 is 0 Å². The fourth-order valence-corrected chi connectivity index (χ4v) is 1.79. The van der Waals surface area contributed by atoms with Crippen LogP contribution in [0.1, 0.15) is 39.5 Å². The van der Waals surface area contributed by atoms with Crippen molar-refractivity contribution in [3.8, 4) is 0 Å². The standard InChI is InChI=1S/C11H24N2/c1-10(2)13(3)9-7-11-6-4-5-8-12-11/h10-12H,4-9H2,1-3H3. The molecule has 1 atom stereocenters. The van der Waals surface area contributed by atoms with Crippen LogP contribution in [0.3, 0.4) is 0 Å². The summed E-state index contributed by atoms with van der Waals surface area (Å²) in [6, 6.07) is 1.47. The van der Waals surface area contributed by atoms with Crippen molar-refractivity contribution in [1.29, 1.82) is 0 Å². The summed E-state index contributed by atoms with van der Waals surface area (Å²) in [7, 11) is 2.22. The minimum atomic E-state index is 0.684. The van der Waals surface area contributed by atoms with Crippen LogP contribution in [0.2, 0.25) is 0 Å². The summed E-state index contributed by atoms with van der Waals surface area (Å²) in [5.74, 6) is 0. The summed E-state index contributed by atoms with van der Waals surface area (Å²) in [6.45, 7) is 6.98. The predicted molar refractivity (Wildman–Crippen MR) is 58.0 cm³/mol. The Bertz CT molecular complexity index is 128. The van der Waals surface area contributed by atoms with Gasteiger partial charge in [-0.3, -0.25) is 0 Å². The van der Waals surface area contributed by atoms with Crippen molar-refractivity contribution in [3.05, 3.63) is 0 Å². The smallest absolute Gasteiger partial charge is 0.00792 e. The molecule has 1 aliphatic rings. The first-order valence-electron chi connectivity index (χ1n) is 5.64. The van der Waals surface area contributed by atoms with Crippen LogP contribution in [-0.4, -0.2) is 37.1 Å². The predicted octanol–water partition coefficient (Wildman–Crippen LogP) is 1.86. The summed E-state index contributed by atoms with van der Waals surface area (Å²) in [4.78, 5) is 2.43. The molecule has 13 heavy (non-hydrogen) atoms. The zero-order valence-corrected chi connectivity index (χ0v) is 9.34. The molecule has 0 spiro atoms. The SMILES string of the molecule is CC(C)N(C)CCC1CCCCN1. The lowest BCUT2D eigenvalue weighted by molar-refractivity contribution is 0.246. The van der Waals surface area contributed by atoms with Crippen LogP contribution in [0.25, 0.3) is 0 Å². The molecule has 0 aliphatic carbocycles. The minimum Gasteiger partial charge on any atom is -0.314 e. The van der Waals surface area contributed by atoms with Gasteiger partial charge in [0.1, 0.15) is 0 Å². The highest BCUT2D eigenvalue weighted by molar-refractivity contribution is 4.73. The fourth-order valence-electron chi connectivity index (χ4n) is 1.79. The van der Waals surface area contributed by atoms with Crippen molar-refractivity contribution in [1.82, 2.24) is 10.2 Å². The number of hydrogen-bond acceptors (Lipinski definition) is 2. The zero-order chi connectivity index (χ0) is 9.68. The molecule has 1 saturated heterocycles. The fraction of sp³-hybridized carbons (Fsp3) is 1.00. The first kappa shape index (κ1) is 11.0. The number of nitrogens with one attached hydrogen (secondary N) is 1. The summed E-state index contributed by atoms with van der Waals surface area (Å²) in [5.41, 5.74) is 0. The molecule has 1 N–H and O–H groups in total. The second-order valence-electron chi connectivity index (χ2n) is 4.51. The molecule has 0 amide bonds. The van der Waals surface area contributed by atoms with Crippen molar-refractivity contribution >= 4 is 0 Å². The van der Waals surface area contributed by atoms with E-state index in [0.29, 0.717) is 6.04 Å². The Hall–Kier alpha value is -0.0800. The lowest BCUT2D eigenvalue weighted by Crippen LogP contribution is -2.38. The topological polar surface area (TPSA) is 15.3 Å². The van der Waals surface area contributed by atoms with Gasteiger partial charge in [-0.15, -0.1) is 0 Å². The third-order valence-electron chi connectivity index (χ3n) is 3.12. The van der Waals surface area contributed by atoms with Crippen LogP contribution in [0.5, 0.6) is 0 Å². The molecule has 0 aromatic rings. The highest BCUT2D eigenvalue weighted by Crippen LogP contribution is 2.10. The van der Waals surface area contributed by atoms with Gasteiger partial charge in [-0.2, -0.15) is 0 Å². The summed E-state index contributed by atoms with van der Waals surface area (Å²) in [6.07, 6.45) is 5.49. The van der Waals surface area contributed by atoms with E-state index in [1.807, 2.05) is 0 Å². The van der Waals surface area contributed by atoms with E-state index in [2.05, 4.69) is 31.1 Å². The van der Waals surface area contributed by atoms with Crippen LogP contribution in [-0.2, 0) is 0 Å². The highest BCUT2D eigenvalue weighted by atomic mass is 15.1. The first-order valence-corrected chi connectivity index (χ1v) is 5.64. The normalized spacial score (nSPS) is 24.2. The molecule has 1 rings (SSSR count). The maximum absolute atomic E-state index is 3.59. The van der Waals surface area contributed by atoms with Gasteiger partial charge in [0.05, 0.1) is 0 Å². The zero-order valence-electron chi connectivity index (χ0n) is 9.34. The molecule has 2 nitrogen and oxygen atoms in total. The highest BCUT2D eigenvalue weighted by Gasteiger charge is 2.13. The molecule has 1 aliphatic heterocycles. The molecule has 2 heteroatoms. The van der Waals surface area contributed by atoms with E-state index in [4.69, 9.17) is 0 Å². The molecule has 0 aromatic carbocycles. The number of piperidine rings is 1.